The number of nitrogens with one attached hydrogen (secondary N) is 1. The minimum absolute atomic E-state index is 0.0762. The number of hydrogen-bond acceptors (Lipinski definition) is 4. The summed E-state index contributed by atoms with van der Waals surface area (Å²) in [6.07, 6.45) is 3.26. The molecule has 2 amide bonds. The van der Waals surface area contributed by atoms with Gasteiger partial charge in [0, 0.05) is 31.9 Å². The number of piperazine rings is 1. The largest absolute Gasteiger partial charge is 0.353 e. The highest BCUT2D eigenvalue weighted by atomic mass is 16.2. The molecule has 1 saturated heterocycles. The third-order valence-corrected chi connectivity index (χ3v) is 2.70. The number of nitrogens with zero attached hydrogens (tertiary/aromatic N) is 3. The second-order valence-corrected chi connectivity index (χ2v) is 4.03. The van der Waals surface area contributed by atoms with Gasteiger partial charge in [-0.1, -0.05) is 0 Å². The molecule has 2 heterocycles. The van der Waals surface area contributed by atoms with Crippen LogP contribution in [0.1, 0.15) is 11.6 Å². The zero-order valence-corrected chi connectivity index (χ0v) is 9.59. The monoisotopic (exact) mass is 237 g/mol. The highest BCUT2D eigenvalue weighted by molar-refractivity contribution is 5.89. The first-order valence-corrected chi connectivity index (χ1v) is 5.37. The summed E-state index contributed by atoms with van der Waals surface area (Å²) in [5.41, 5.74) is 6.51. The fourth-order valence-corrected chi connectivity index (χ4v) is 1.77. The molecule has 2 rings (SSSR count). The van der Waals surface area contributed by atoms with Crippen molar-refractivity contribution < 1.29 is 9.59 Å². The molecule has 0 aromatic carbocycles. The quantitative estimate of drug-likeness (QED) is 0.646. The van der Waals surface area contributed by atoms with Gasteiger partial charge in [0.2, 0.25) is 11.8 Å². The molecule has 1 fully saturated rings. The minimum Gasteiger partial charge on any atom is -0.353 e. The standard InChI is InChI=1S/C10H15N5O2/c1-14-5-7(4-13-14)9(11)10(17)15-3-2-12-8(16)6-15/h4-5,9H,2-3,6,11H2,1H3,(H,12,16). The van der Waals surface area contributed by atoms with Crippen LogP contribution < -0.4 is 11.1 Å². The summed E-state index contributed by atoms with van der Waals surface area (Å²) in [6, 6.07) is -0.755. The number of rotatable bonds is 2. The summed E-state index contributed by atoms with van der Waals surface area (Å²) in [4.78, 5) is 24.7. The molecule has 0 saturated carbocycles. The summed E-state index contributed by atoms with van der Waals surface area (Å²) in [6.45, 7) is 1.05. The van der Waals surface area contributed by atoms with Gasteiger partial charge in [-0.15, -0.1) is 0 Å². The number of aryl methyl sites for hydroxylation is 1. The molecule has 17 heavy (non-hydrogen) atoms. The molecule has 0 aliphatic carbocycles. The summed E-state index contributed by atoms with van der Waals surface area (Å²) in [5, 5.41) is 6.63. The molecule has 92 valence electrons. The Morgan fingerprint density at radius 2 is 2.41 bits per heavy atom. The first kappa shape index (κ1) is 11.6. The number of carbonyl (C=O) groups is 2. The summed E-state index contributed by atoms with van der Waals surface area (Å²) in [7, 11) is 1.76. The van der Waals surface area contributed by atoms with Gasteiger partial charge >= 0.3 is 0 Å². The molecule has 1 aromatic rings. The van der Waals surface area contributed by atoms with Crippen LogP contribution in [-0.4, -0.2) is 46.1 Å². The summed E-state index contributed by atoms with van der Waals surface area (Å²) >= 11 is 0. The average molecular weight is 237 g/mol. The number of aromatic nitrogens is 2. The number of amides is 2. The van der Waals surface area contributed by atoms with Gasteiger partial charge in [-0.2, -0.15) is 5.10 Å². The second-order valence-electron chi connectivity index (χ2n) is 4.03. The molecule has 1 aliphatic heterocycles. The highest BCUT2D eigenvalue weighted by Gasteiger charge is 2.27. The van der Waals surface area contributed by atoms with Crippen molar-refractivity contribution in [3.8, 4) is 0 Å². The number of nitrogens with two attached hydrogens (primary N) is 1. The fourth-order valence-electron chi connectivity index (χ4n) is 1.77. The lowest BCUT2D eigenvalue weighted by Gasteiger charge is -2.28. The molecule has 1 aromatic heterocycles. The topological polar surface area (TPSA) is 93.2 Å². The zero-order chi connectivity index (χ0) is 12.4. The van der Waals surface area contributed by atoms with Gasteiger partial charge in [0.25, 0.3) is 0 Å². The average Bonchev–Trinajstić information content (AvgIpc) is 2.74. The highest BCUT2D eigenvalue weighted by Crippen LogP contribution is 2.12. The Hall–Kier alpha value is -1.89. The maximum absolute atomic E-state index is 12.0. The van der Waals surface area contributed by atoms with Crippen LogP contribution in [0, 0.1) is 0 Å². The number of hydrogen-bond donors (Lipinski definition) is 2. The Kier molecular flexibility index (Phi) is 3.10. The first-order chi connectivity index (χ1) is 8.08. The second kappa shape index (κ2) is 4.54. The number of carbonyl (C=O) groups excluding carboxylic acids is 2. The fraction of sp³-hybridized carbons (Fsp3) is 0.500. The van der Waals surface area contributed by atoms with E-state index < -0.39 is 6.04 Å². The lowest BCUT2D eigenvalue weighted by atomic mass is 10.1. The van der Waals surface area contributed by atoms with E-state index in [1.165, 1.54) is 4.90 Å². The maximum Gasteiger partial charge on any atom is 0.244 e. The van der Waals surface area contributed by atoms with Crippen LogP contribution in [0.25, 0.3) is 0 Å². The Labute approximate surface area is 98.6 Å². The first-order valence-electron chi connectivity index (χ1n) is 5.37. The van der Waals surface area contributed by atoms with E-state index in [2.05, 4.69) is 10.4 Å². The van der Waals surface area contributed by atoms with Crippen LogP contribution in [0.2, 0.25) is 0 Å². The summed E-state index contributed by atoms with van der Waals surface area (Å²) in [5.74, 6) is -0.393. The lowest BCUT2D eigenvalue weighted by Crippen LogP contribution is -2.52. The van der Waals surface area contributed by atoms with Crippen molar-refractivity contribution in [1.82, 2.24) is 20.0 Å². The summed E-state index contributed by atoms with van der Waals surface area (Å²) < 4.78 is 1.59. The van der Waals surface area contributed by atoms with Crippen LogP contribution in [0.3, 0.4) is 0 Å². The molecule has 0 spiro atoms. The van der Waals surface area contributed by atoms with Gasteiger partial charge < -0.3 is 16.0 Å². The van der Waals surface area contributed by atoms with E-state index in [4.69, 9.17) is 5.73 Å². The van der Waals surface area contributed by atoms with Gasteiger partial charge in [-0.05, 0) is 0 Å². The van der Waals surface area contributed by atoms with E-state index in [0.29, 0.717) is 18.7 Å². The Morgan fingerprint density at radius 3 is 3.00 bits per heavy atom. The third-order valence-electron chi connectivity index (χ3n) is 2.70. The van der Waals surface area contributed by atoms with Gasteiger partial charge in [0.05, 0.1) is 12.7 Å². The van der Waals surface area contributed by atoms with E-state index >= 15 is 0 Å². The molecule has 7 heteroatoms. The van der Waals surface area contributed by atoms with Gasteiger partial charge in [-0.3, -0.25) is 14.3 Å². The molecule has 1 atom stereocenters. The van der Waals surface area contributed by atoms with Crippen molar-refractivity contribution in [2.24, 2.45) is 12.8 Å². The van der Waals surface area contributed by atoms with Gasteiger partial charge in [0.15, 0.2) is 0 Å². The van der Waals surface area contributed by atoms with Crippen LogP contribution >= 0.6 is 0 Å². The normalized spacial score (nSPS) is 17.8. The Morgan fingerprint density at radius 1 is 1.65 bits per heavy atom. The molecule has 0 bridgehead atoms. The SMILES string of the molecule is Cn1cc(C(N)C(=O)N2CCNC(=O)C2)cn1. The van der Waals surface area contributed by atoms with Crippen LogP contribution in [-0.2, 0) is 16.6 Å². The molecular formula is C10H15N5O2. The van der Waals surface area contributed by atoms with Crippen LogP contribution in [0.5, 0.6) is 0 Å². The maximum atomic E-state index is 12.0. The van der Waals surface area contributed by atoms with Crippen molar-refractivity contribution in [2.75, 3.05) is 19.6 Å². The third kappa shape index (κ3) is 2.44. The molecule has 7 nitrogen and oxygen atoms in total. The predicted octanol–water partition coefficient (Wildman–Crippen LogP) is -1.62. The molecule has 3 N–H and O–H groups in total. The Balaban J connectivity index is 2.06. The van der Waals surface area contributed by atoms with Crippen LogP contribution in [0.15, 0.2) is 12.4 Å². The van der Waals surface area contributed by atoms with E-state index in [0.717, 1.165) is 0 Å². The van der Waals surface area contributed by atoms with E-state index in [1.54, 1.807) is 24.1 Å². The molecule has 1 unspecified atom stereocenters. The predicted molar refractivity (Wildman–Crippen MR) is 59.7 cm³/mol. The van der Waals surface area contributed by atoms with E-state index in [9.17, 15) is 9.59 Å². The smallest absolute Gasteiger partial charge is 0.244 e. The van der Waals surface area contributed by atoms with Crippen molar-refractivity contribution in [3.05, 3.63) is 18.0 Å². The van der Waals surface area contributed by atoms with Crippen molar-refractivity contribution in [2.45, 2.75) is 6.04 Å². The van der Waals surface area contributed by atoms with E-state index in [1.807, 2.05) is 0 Å². The van der Waals surface area contributed by atoms with Crippen molar-refractivity contribution >= 4 is 11.8 Å². The lowest BCUT2D eigenvalue weighted by molar-refractivity contribution is -0.139. The van der Waals surface area contributed by atoms with Crippen LogP contribution in [0.4, 0.5) is 0 Å². The van der Waals surface area contributed by atoms with Gasteiger partial charge in [0.1, 0.15) is 6.04 Å². The Bertz CT molecular complexity index is 442. The van der Waals surface area contributed by atoms with Crippen molar-refractivity contribution in [1.29, 1.82) is 0 Å². The molecule has 1 aliphatic rings. The molecule has 0 radical (unpaired) electrons. The minimum atomic E-state index is -0.755. The zero-order valence-electron chi connectivity index (χ0n) is 9.59. The van der Waals surface area contributed by atoms with Gasteiger partial charge in [-0.25, -0.2) is 0 Å². The van der Waals surface area contributed by atoms with Crippen molar-refractivity contribution in [3.63, 3.8) is 0 Å². The molecular weight excluding hydrogens is 222 g/mol. The van der Waals surface area contributed by atoms with E-state index in [-0.39, 0.29) is 18.4 Å².